The van der Waals surface area contributed by atoms with E-state index in [1.54, 1.807) is 30.1 Å². The van der Waals surface area contributed by atoms with Crippen LogP contribution in [0.1, 0.15) is 86.6 Å². The molecule has 2 amide bonds. The van der Waals surface area contributed by atoms with Crippen LogP contribution in [0.5, 0.6) is 0 Å². The summed E-state index contributed by atoms with van der Waals surface area (Å²) in [5.74, 6) is 1.01. The van der Waals surface area contributed by atoms with Crippen molar-refractivity contribution in [3.8, 4) is 10.4 Å². The lowest BCUT2D eigenvalue weighted by atomic mass is 9.78. The highest BCUT2D eigenvalue weighted by Crippen LogP contribution is 2.44. The number of rotatable bonds is 8. The van der Waals surface area contributed by atoms with Gasteiger partial charge >= 0.3 is 6.09 Å². The molecule has 2 heterocycles. The molecule has 2 aromatic carbocycles. The number of hydrogen-bond acceptors (Lipinski definition) is 6. The number of alkyl carbamates (subject to hydrolysis) is 1. The minimum Gasteiger partial charge on any atom is -0.446 e. The zero-order valence-electron chi connectivity index (χ0n) is 26.6. The zero-order valence-corrected chi connectivity index (χ0v) is 27.4. The Bertz CT molecular complexity index is 1720. The third-order valence-electron chi connectivity index (χ3n) is 10.2. The largest absolute Gasteiger partial charge is 0.446 e. The molecule has 0 unspecified atom stereocenters. The maximum atomic E-state index is 14.4. The van der Waals surface area contributed by atoms with E-state index in [1.165, 1.54) is 23.4 Å². The molecule has 3 aliphatic rings. The Hall–Kier alpha value is -3.79. The quantitative estimate of drug-likeness (QED) is 0.211. The van der Waals surface area contributed by atoms with Crippen LogP contribution < -0.4 is 10.2 Å². The summed E-state index contributed by atoms with van der Waals surface area (Å²) in [7, 11) is 3.33. The summed E-state index contributed by atoms with van der Waals surface area (Å²) in [5.41, 5.74) is 4.02. The fourth-order valence-corrected chi connectivity index (χ4v) is 8.46. The third-order valence-corrected chi connectivity index (χ3v) is 11.5. The number of ether oxygens (including phenoxy) is 1. The first kappa shape index (κ1) is 30.8. The van der Waals surface area contributed by atoms with Crippen LogP contribution in [0.3, 0.4) is 0 Å². The number of aryl methyl sites for hydroxylation is 1. The van der Waals surface area contributed by atoms with Crippen molar-refractivity contribution in [1.29, 1.82) is 0 Å². The second-order valence-corrected chi connectivity index (χ2v) is 14.4. The average Bonchev–Trinajstić information content (AvgIpc) is 3.75. The van der Waals surface area contributed by atoms with Crippen molar-refractivity contribution in [3.05, 3.63) is 65.2 Å². The van der Waals surface area contributed by atoms with Crippen LogP contribution >= 0.6 is 11.3 Å². The van der Waals surface area contributed by atoms with Gasteiger partial charge in [0.15, 0.2) is 0 Å². The lowest BCUT2D eigenvalue weighted by Gasteiger charge is -2.36. The van der Waals surface area contributed by atoms with Gasteiger partial charge in [0.2, 0.25) is 11.9 Å². The van der Waals surface area contributed by atoms with Gasteiger partial charge in [-0.2, -0.15) is 4.39 Å². The maximum Gasteiger partial charge on any atom is 0.407 e. The summed E-state index contributed by atoms with van der Waals surface area (Å²) in [6.45, 7) is 0.677. The van der Waals surface area contributed by atoms with Crippen molar-refractivity contribution in [2.75, 3.05) is 18.5 Å². The second kappa shape index (κ2) is 13.1. The molecule has 0 spiro atoms. The summed E-state index contributed by atoms with van der Waals surface area (Å²) in [6, 6.07) is 14.5. The minimum atomic E-state index is -0.416. The molecule has 0 saturated heterocycles. The lowest BCUT2D eigenvalue weighted by Crippen LogP contribution is -2.42. The molecule has 8 nitrogen and oxygen atoms in total. The number of aromatic nitrogens is 3. The Kier molecular flexibility index (Phi) is 8.81. The van der Waals surface area contributed by atoms with Gasteiger partial charge in [-0.3, -0.25) is 9.48 Å². The van der Waals surface area contributed by atoms with Crippen LogP contribution in [-0.4, -0.2) is 46.5 Å². The molecule has 10 heteroatoms. The number of carbonyl (C=O) groups excluding carboxylic acids is 2. The predicted molar refractivity (Wildman–Crippen MR) is 179 cm³/mol. The first-order valence-electron chi connectivity index (χ1n) is 16.7. The molecule has 0 atom stereocenters. The van der Waals surface area contributed by atoms with E-state index < -0.39 is 12.0 Å². The van der Waals surface area contributed by atoms with Crippen molar-refractivity contribution in [3.63, 3.8) is 0 Å². The Morgan fingerprint density at radius 1 is 1.00 bits per heavy atom. The monoisotopic (exact) mass is 643 g/mol. The van der Waals surface area contributed by atoms with Crippen LogP contribution in [0.25, 0.3) is 21.3 Å². The maximum absolute atomic E-state index is 14.4. The van der Waals surface area contributed by atoms with E-state index in [0.717, 1.165) is 47.3 Å². The molecule has 1 N–H and O–H groups in total. The van der Waals surface area contributed by atoms with E-state index in [4.69, 9.17) is 9.72 Å². The SMILES string of the molecule is CNC(=O)O[C@H]1CC[C@H](C(=O)N(C[C@H]2CC[C@H](c3ccc4c(c3)c(F)nn4C)CC2)c2cccc(-c3cnc(C4CC4)s3)c2)CC1. The van der Waals surface area contributed by atoms with E-state index in [2.05, 4.69) is 40.7 Å². The molecule has 4 aromatic rings. The molecule has 46 heavy (non-hydrogen) atoms. The molecule has 7 rings (SSSR count). The predicted octanol–water partition coefficient (Wildman–Crippen LogP) is 7.94. The molecule has 3 fully saturated rings. The smallest absolute Gasteiger partial charge is 0.407 e. The van der Waals surface area contributed by atoms with Gasteiger partial charge in [-0.25, -0.2) is 9.78 Å². The molecular weight excluding hydrogens is 601 g/mol. The topological polar surface area (TPSA) is 89.4 Å². The third kappa shape index (κ3) is 6.54. The number of hydrogen-bond donors (Lipinski definition) is 1. The summed E-state index contributed by atoms with van der Waals surface area (Å²) in [4.78, 5) is 33.9. The number of carbonyl (C=O) groups is 2. The standard InChI is InChI=1S/C36H42FN5O3S/c1-38-36(44)45-29-15-12-25(13-16-29)35(43)42(28-5-3-4-27(18-28)32-20-39-34(46-32)24-10-11-24)21-22-6-8-23(9-7-22)26-14-17-31-30(19-26)33(37)40-41(31)2/h3-5,14,17-20,22-25,29H,6-13,15-16,21H2,1-2H3,(H,38,44)/t22-,23-,25-,29-. The number of thiazole rings is 1. The van der Waals surface area contributed by atoms with Crippen molar-refractivity contribution < 1.29 is 18.7 Å². The summed E-state index contributed by atoms with van der Waals surface area (Å²) < 4.78 is 21.5. The van der Waals surface area contributed by atoms with Crippen LogP contribution in [-0.2, 0) is 16.6 Å². The molecule has 242 valence electrons. The molecule has 3 saturated carbocycles. The normalized spacial score (nSPS) is 23.3. The molecule has 0 bridgehead atoms. The molecular formula is C36H42FN5O3S. The van der Waals surface area contributed by atoms with Crippen molar-refractivity contribution in [2.24, 2.45) is 18.9 Å². The zero-order chi connectivity index (χ0) is 31.8. The number of nitrogens with zero attached hydrogens (tertiary/aromatic N) is 4. The summed E-state index contributed by atoms with van der Waals surface area (Å²) in [5, 5.41) is 8.27. The van der Waals surface area contributed by atoms with Crippen molar-refractivity contribution in [2.45, 2.75) is 82.1 Å². The Balaban J connectivity index is 1.07. The molecule has 0 aliphatic heterocycles. The van der Waals surface area contributed by atoms with Crippen molar-refractivity contribution >= 4 is 39.9 Å². The fourth-order valence-electron chi connectivity index (χ4n) is 7.38. The lowest BCUT2D eigenvalue weighted by molar-refractivity contribution is -0.124. The Morgan fingerprint density at radius 2 is 1.76 bits per heavy atom. The Morgan fingerprint density at radius 3 is 2.50 bits per heavy atom. The van der Waals surface area contributed by atoms with Crippen LogP contribution in [0.15, 0.2) is 48.7 Å². The van der Waals surface area contributed by atoms with Gasteiger partial charge in [0.1, 0.15) is 6.10 Å². The van der Waals surface area contributed by atoms with Crippen LogP contribution in [0, 0.1) is 17.8 Å². The highest BCUT2D eigenvalue weighted by molar-refractivity contribution is 7.15. The molecule has 0 radical (unpaired) electrons. The summed E-state index contributed by atoms with van der Waals surface area (Å²) >= 11 is 1.77. The van der Waals surface area contributed by atoms with Gasteiger partial charge in [0, 0.05) is 44.4 Å². The number of anilines is 1. The van der Waals surface area contributed by atoms with Gasteiger partial charge in [0.25, 0.3) is 0 Å². The van der Waals surface area contributed by atoms with Gasteiger partial charge in [0.05, 0.1) is 20.8 Å². The van der Waals surface area contributed by atoms with Gasteiger partial charge in [-0.05, 0) is 111 Å². The number of nitrogens with one attached hydrogen (secondary N) is 1. The van der Waals surface area contributed by atoms with Crippen LogP contribution in [0.2, 0.25) is 0 Å². The first-order valence-corrected chi connectivity index (χ1v) is 17.6. The number of amides is 2. The number of benzene rings is 2. The number of fused-ring (bicyclic) bond motifs is 1. The second-order valence-electron chi connectivity index (χ2n) is 13.4. The fraction of sp³-hybridized carbons (Fsp3) is 0.500. The van der Waals surface area contributed by atoms with Gasteiger partial charge < -0.3 is 15.0 Å². The van der Waals surface area contributed by atoms with E-state index in [0.29, 0.717) is 55.4 Å². The van der Waals surface area contributed by atoms with E-state index in [1.807, 2.05) is 23.2 Å². The average molecular weight is 644 g/mol. The van der Waals surface area contributed by atoms with E-state index in [-0.39, 0.29) is 17.9 Å². The van der Waals surface area contributed by atoms with Crippen molar-refractivity contribution in [1.82, 2.24) is 20.1 Å². The van der Waals surface area contributed by atoms with E-state index >= 15 is 0 Å². The van der Waals surface area contributed by atoms with Gasteiger partial charge in [-0.15, -0.1) is 16.4 Å². The molecule has 2 aromatic heterocycles. The van der Waals surface area contributed by atoms with Crippen LogP contribution in [0.4, 0.5) is 14.9 Å². The number of halogens is 1. The van der Waals surface area contributed by atoms with Gasteiger partial charge in [-0.1, -0.05) is 18.2 Å². The summed E-state index contributed by atoms with van der Waals surface area (Å²) in [6.07, 6.45) is 10.7. The van der Waals surface area contributed by atoms with E-state index in [9.17, 15) is 14.0 Å². The highest BCUT2D eigenvalue weighted by atomic mass is 32.1. The molecule has 3 aliphatic carbocycles. The minimum absolute atomic E-state index is 0.101. The highest BCUT2D eigenvalue weighted by Gasteiger charge is 2.34. The first-order chi connectivity index (χ1) is 22.4. The Labute approximate surface area is 273 Å².